The summed E-state index contributed by atoms with van der Waals surface area (Å²) in [5, 5.41) is 0. The van der Waals surface area contributed by atoms with Crippen molar-refractivity contribution in [3.63, 3.8) is 0 Å². The first-order valence-electron chi connectivity index (χ1n) is 5.77. The Morgan fingerprint density at radius 2 is 2.12 bits per heavy atom. The molecular formula is C13H19N3. The predicted octanol–water partition coefficient (Wildman–Crippen LogP) is 2.40. The van der Waals surface area contributed by atoms with E-state index in [9.17, 15) is 0 Å². The van der Waals surface area contributed by atoms with Crippen LogP contribution >= 0.6 is 0 Å². The Balaban J connectivity index is 2.30. The van der Waals surface area contributed by atoms with Crippen molar-refractivity contribution < 1.29 is 0 Å². The molecule has 1 atom stereocenters. The number of aryl methyl sites for hydroxylation is 1. The van der Waals surface area contributed by atoms with E-state index in [4.69, 9.17) is 5.73 Å². The Bertz CT molecular complexity index is 485. The van der Waals surface area contributed by atoms with Crippen LogP contribution in [-0.4, -0.2) is 16.0 Å². The van der Waals surface area contributed by atoms with Crippen molar-refractivity contribution in [2.24, 2.45) is 11.7 Å². The summed E-state index contributed by atoms with van der Waals surface area (Å²) in [5.41, 5.74) is 9.42. The summed E-state index contributed by atoms with van der Waals surface area (Å²) in [4.78, 5) is 7.93. The van der Waals surface area contributed by atoms with Gasteiger partial charge in [-0.1, -0.05) is 26.0 Å². The molecule has 3 heteroatoms. The SMILES string of the molecule is Cc1cccc2[nH]c(CC(N)C(C)C)nc12. The molecule has 0 bridgehead atoms. The molecular weight excluding hydrogens is 198 g/mol. The minimum atomic E-state index is 0.167. The van der Waals surface area contributed by atoms with Crippen LogP contribution in [0.4, 0.5) is 0 Å². The van der Waals surface area contributed by atoms with Crippen LogP contribution in [0.15, 0.2) is 18.2 Å². The lowest BCUT2D eigenvalue weighted by molar-refractivity contribution is 0.483. The molecule has 1 heterocycles. The van der Waals surface area contributed by atoms with Gasteiger partial charge in [-0.05, 0) is 24.5 Å². The Morgan fingerprint density at radius 3 is 2.75 bits per heavy atom. The van der Waals surface area contributed by atoms with Gasteiger partial charge in [0, 0.05) is 12.5 Å². The van der Waals surface area contributed by atoms with Gasteiger partial charge in [0.1, 0.15) is 5.82 Å². The average Bonchev–Trinajstić information content (AvgIpc) is 2.61. The predicted molar refractivity (Wildman–Crippen MR) is 67.3 cm³/mol. The highest BCUT2D eigenvalue weighted by Gasteiger charge is 2.12. The van der Waals surface area contributed by atoms with Crippen LogP contribution < -0.4 is 5.73 Å². The number of H-pyrrole nitrogens is 1. The second-order valence-electron chi connectivity index (χ2n) is 4.77. The highest BCUT2D eigenvalue weighted by Crippen LogP contribution is 2.16. The summed E-state index contributed by atoms with van der Waals surface area (Å²) in [6.07, 6.45) is 0.811. The van der Waals surface area contributed by atoms with Crippen molar-refractivity contribution in [2.45, 2.75) is 33.2 Å². The number of benzene rings is 1. The summed E-state index contributed by atoms with van der Waals surface area (Å²) < 4.78 is 0. The van der Waals surface area contributed by atoms with Gasteiger partial charge < -0.3 is 10.7 Å². The molecule has 0 saturated carbocycles. The van der Waals surface area contributed by atoms with Crippen molar-refractivity contribution in [1.82, 2.24) is 9.97 Å². The van der Waals surface area contributed by atoms with Crippen molar-refractivity contribution >= 4 is 11.0 Å². The van der Waals surface area contributed by atoms with Gasteiger partial charge in [0.2, 0.25) is 0 Å². The molecule has 0 aliphatic carbocycles. The fourth-order valence-electron chi connectivity index (χ4n) is 1.78. The fourth-order valence-corrected chi connectivity index (χ4v) is 1.78. The van der Waals surface area contributed by atoms with E-state index in [-0.39, 0.29) is 6.04 Å². The van der Waals surface area contributed by atoms with E-state index >= 15 is 0 Å². The number of para-hydroxylation sites is 1. The highest BCUT2D eigenvalue weighted by molar-refractivity contribution is 5.78. The number of nitrogens with one attached hydrogen (secondary N) is 1. The first-order chi connectivity index (χ1) is 7.58. The van der Waals surface area contributed by atoms with E-state index in [1.807, 2.05) is 6.07 Å². The van der Waals surface area contributed by atoms with Gasteiger partial charge in [0.05, 0.1) is 11.0 Å². The third kappa shape index (κ3) is 2.09. The van der Waals surface area contributed by atoms with Gasteiger partial charge in [-0.15, -0.1) is 0 Å². The maximum Gasteiger partial charge on any atom is 0.108 e. The van der Waals surface area contributed by atoms with Crippen molar-refractivity contribution in [1.29, 1.82) is 0 Å². The number of aromatic amines is 1. The average molecular weight is 217 g/mol. The zero-order valence-corrected chi connectivity index (χ0v) is 10.1. The molecule has 1 aromatic heterocycles. The first-order valence-corrected chi connectivity index (χ1v) is 5.77. The smallest absolute Gasteiger partial charge is 0.108 e. The molecule has 0 amide bonds. The lowest BCUT2D eigenvalue weighted by atomic mass is 10.0. The molecule has 16 heavy (non-hydrogen) atoms. The van der Waals surface area contributed by atoms with Crippen molar-refractivity contribution in [3.05, 3.63) is 29.6 Å². The number of hydrogen-bond acceptors (Lipinski definition) is 2. The Labute approximate surface area is 96.1 Å². The van der Waals surface area contributed by atoms with Crippen LogP contribution in [0.25, 0.3) is 11.0 Å². The van der Waals surface area contributed by atoms with Gasteiger partial charge in [-0.25, -0.2) is 4.98 Å². The van der Waals surface area contributed by atoms with Crippen molar-refractivity contribution in [3.8, 4) is 0 Å². The molecule has 2 aromatic rings. The van der Waals surface area contributed by atoms with Crippen LogP contribution in [0.2, 0.25) is 0 Å². The van der Waals surface area contributed by atoms with E-state index in [0.29, 0.717) is 5.92 Å². The number of nitrogens with two attached hydrogens (primary N) is 1. The molecule has 0 aliphatic heterocycles. The minimum Gasteiger partial charge on any atom is -0.342 e. The van der Waals surface area contributed by atoms with Crippen LogP contribution in [0.5, 0.6) is 0 Å². The minimum absolute atomic E-state index is 0.167. The van der Waals surface area contributed by atoms with E-state index in [0.717, 1.165) is 23.3 Å². The van der Waals surface area contributed by atoms with Gasteiger partial charge in [-0.2, -0.15) is 0 Å². The molecule has 86 valence electrons. The zero-order chi connectivity index (χ0) is 11.7. The summed E-state index contributed by atoms with van der Waals surface area (Å²) in [7, 11) is 0. The van der Waals surface area contributed by atoms with E-state index < -0.39 is 0 Å². The Hall–Kier alpha value is -1.35. The van der Waals surface area contributed by atoms with Crippen molar-refractivity contribution in [2.75, 3.05) is 0 Å². The molecule has 0 aliphatic rings. The number of aromatic nitrogens is 2. The van der Waals surface area contributed by atoms with Crippen LogP contribution in [0, 0.1) is 12.8 Å². The molecule has 0 spiro atoms. The van der Waals surface area contributed by atoms with Gasteiger partial charge in [0.15, 0.2) is 0 Å². The quantitative estimate of drug-likeness (QED) is 0.829. The molecule has 0 fully saturated rings. The molecule has 2 rings (SSSR count). The van der Waals surface area contributed by atoms with Crippen LogP contribution in [-0.2, 0) is 6.42 Å². The normalized spacial score (nSPS) is 13.6. The molecule has 3 N–H and O–H groups in total. The van der Waals surface area contributed by atoms with Gasteiger partial charge in [0.25, 0.3) is 0 Å². The molecule has 1 unspecified atom stereocenters. The monoisotopic (exact) mass is 217 g/mol. The van der Waals surface area contributed by atoms with E-state index in [1.165, 1.54) is 5.56 Å². The number of fused-ring (bicyclic) bond motifs is 1. The summed E-state index contributed by atoms with van der Waals surface area (Å²) >= 11 is 0. The molecule has 0 saturated heterocycles. The first kappa shape index (κ1) is 11.1. The second-order valence-corrected chi connectivity index (χ2v) is 4.77. The maximum atomic E-state index is 6.05. The Morgan fingerprint density at radius 1 is 1.38 bits per heavy atom. The second kappa shape index (κ2) is 4.26. The lowest BCUT2D eigenvalue weighted by Gasteiger charge is -2.13. The van der Waals surface area contributed by atoms with Crippen LogP contribution in [0.1, 0.15) is 25.2 Å². The zero-order valence-electron chi connectivity index (χ0n) is 10.1. The third-order valence-corrected chi connectivity index (χ3v) is 3.05. The number of rotatable bonds is 3. The van der Waals surface area contributed by atoms with Gasteiger partial charge >= 0.3 is 0 Å². The summed E-state index contributed by atoms with van der Waals surface area (Å²) in [6, 6.07) is 6.35. The summed E-state index contributed by atoms with van der Waals surface area (Å²) in [5.74, 6) is 1.47. The maximum absolute atomic E-state index is 6.05. The number of nitrogens with zero attached hydrogens (tertiary/aromatic N) is 1. The van der Waals surface area contributed by atoms with E-state index in [1.54, 1.807) is 0 Å². The highest BCUT2D eigenvalue weighted by atomic mass is 14.9. The number of hydrogen-bond donors (Lipinski definition) is 2. The molecule has 3 nitrogen and oxygen atoms in total. The molecule has 0 radical (unpaired) electrons. The van der Waals surface area contributed by atoms with Gasteiger partial charge in [-0.3, -0.25) is 0 Å². The summed E-state index contributed by atoms with van der Waals surface area (Å²) in [6.45, 7) is 6.35. The largest absolute Gasteiger partial charge is 0.342 e. The Kier molecular flexibility index (Phi) is 2.97. The van der Waals surface area contributed by atoms with Crippen LogP contribution in [0.3, 0.4) is 0 Å². The number of imidazole rings is 1. The van der Waals surface area contributed by atoms with E-state index in [2.05, 4.69) is 42.9 Å². The topological polar surface area (TPSA) is 54.7 Å². The molecule has 1 aromatic carbocycles. The fraction of sp³-hybridized carbons (Fsp3) is 0.462. The third-order valence-electron chi connectivity index (χ3n) is 3.05. The standard InChI is InChI=1S/C13H19N3/c1-8(2)10(14)7-12-15-11-6-4-5-9(3)13(11)16-12/h4-6,8,10H,7,14H2,1-3H3,(H,15,16). The lowest BCUT2D eigenvalue weighted by Crippen LogP contribution is -2.29.